The standard InChI is InChI=1S/C21H22FN6O6P/c1-2-28-25-19(24-26-28)18-6-3-13(11-23-18)16-5-4-14(9-17(16)22)27-12-15(33-20(27)29)10-21(7-8-21)34-35(30,31)32/h3-6,9,11,15H,2,7-8,10,12H2,1H3,(H2,30,31,32)/t15-/m1/s1. The van der Waals surface area contributed by atoms with E-state index in [0.717, 1.165) is 0 Å². The van der Waals surface area contributed by atoms with Gasteiger partial charge in [-0.15, -0.1) is 10.2 Å². The number of aromatic nitrogens is 5. The van der Waals surface area contributed by atoms with E-state index < -0.39 is 31.4 Å². The van der Waals surface area contributed by atoms with Crippen LogP contribution in [-0.4, -0.2) is 59.3 Å². The van der Waals surface area contributed by atoms with Crippen LogP contribution in [0.25, 0.3) is 22.6 Å². The van der Waals surface area contributed by atoms with Crippen molar-refractivity contribution in [1.29, 1.82) is 0 Å². The summed E-state index contributed by atoms with van der Waals surface area (Å²) in [6, 6.07) is 7.76. The van der Waals surface area contributed by atoms with Crippen molar-refractivity contribution in [3.8, 4) is 22.6 Å². The number of hydrogen-bond acceptors (Lipinski definition) is 8. The van der Waals surface area contributed by atoms with Crippen LogP contribution >= 0.6 is 7.82 Å². The first-order chi connectivity index (χ1) is 16.6. The van der Waals surface area contributed by atoms with Crippen LogP contribution in [0.1, 0.15) is 26.2 Å². The van der Waals surface area contributed by atoms with Crippen molar-refractivity contribution < 1.29 is 32.8 Å². The van der Waals surface area contributed by atoms with E-state index >= 15 is 4.39 Å². The molecule has 1 atom stereocenters. The van der Waals surface area contributed by atoms with Crippen LogP contribution in [0.2, 0.25) is 0 Å². The van der Waals surface area contributed by atoms with Crippen molar-refractivity contribution in [2.24, 2.45) is 0 Å². The molecular weight excluding hydrogens is 482 g/mol. The highest BCUT2D eigenvalue weighted by molar-refractivity contribution is 7.46. The molecule has 35 heavy (non-hydrogen) atoms. The van der Waals surface area contributed by atoms with E-state index in [-0.39, 0.29) is 13.0 Å². The van der Waals surface area contributed by atoms with Gasteiger partial charge in [0.25, 0.3) is 0 Å². The number of benzene rings is 1. The summed E-state index contributed by atoms with van der Waals surface area (Å²) in [4.78, 5) is 37.6. The number of carbonyl (C=O) groups excluding carboxylic acids is 1. The topological polar surface area (TPSA) is 153 Å². The fourth-order valence-electron chi connectivity index (χ4n) is 4.05. The second-order valence-corrected chi connectivity index (χ2v) is 9.65. The lowest BCUT2D eigenvalue weighted by molar-refractivity contribution is 0.0629. The number of aryl methyl sites for hydroxylation is 1. The molecule has 184 valence electrons. The van der Waals surface area contributed by atoms with Crippen molar-refractivity contribution in [3.63, 3.8) is 0 Å². The van der Waals surface area contributed by atoms with E-state index in [1.54, 1.807) is 24.3 Å². The maximum atomic E-state index is 15.0. The van der Waals surface area contributed by atoms with Crippen molar-refractivity contribution in [3.05, 3.63) is 42.3 Å². The lowest BCUT2D eigenvalue weighted by Gasteiger charge is -2.19. The summed E-state index contributed by atoms with van der Waals surface area (Å²) >= 11 is 0. The predicted octanol–water partition coefficient (Wildman–Crippen LogP) is 2.92. The van der Waals surface area contributed by atoms with Gasteiger partial charge in [0.2, 0.25) is 5.82 Å². The number of nitrogens with zero attached hydrogens (tertiary/aromatic N) is 6. The molecule has 3 heterocycles. The summed E-state index contributed by atoms with van der Waals surface area (Å²) in [5.74, 6) is -0.178. The van der Waals surface area contributed by atoms with Gasteiger partial charge in [-0.2, -0.15) is 4.80 Å². The third kappa shape index (κ3) is 5.08. The molecule has 1 aliphatic heterocycles. The summed E-state index contributed by atoms with van der Waals surface area (Å²) in [5.41, 5.74) is 0.660. The molecule has 12 nitrogen and oxygen atoms in total. The Balaban J connectivity index is 1.28. The molecule has 3 aromatic rings. The Bertz CT molecular complexity index is 1310. The third-order valence-corrected chi connectivity index (χ3v) is 6.52. The van der Waals surface area contributed by atoms with Crippen LogP contribution in [-0.2, 0) is 20.4 Å². The van der Waals surface area contributed by atoms with Crippen LogP contribution in [0.4, 0.5) is 14.9 Å². The Hall–Kier alpha value is -3.25. The zero-order valence-electron chi connectivity index (χ0n) is 18.6. The molecule has 2 aromatic heterocycles. The summed E-state index contributed by atoms with van der Waals surface area (Å²) in [7, 11) is -4.65. The van der Waals surface area contributed by atoms with Gasteiger partial charge in [0.15, 0.2) is 0 Å². The Morgan fingerprint density at radius 2 is 2.09 bits per heavy atom. The lowest BCUT2D eigenvalue weighted by atomic mass is 10.1. The van der Waals surface area contributed by atoms with Crippen LogP contribution in [0.3, 0.4) is 0 Å². The number of phosphoric ester groups is 1. The Morgan fingerprint density at radius 1 is 1.29 bits per heavy atom. The average molecular weight is 504 g/mol. The smallest absolute Gasteiger partial charge is 0.444 e. The number of phosphoric acid groups is 1. The molecule has 2 N–H and O–H groups in total. The van der Waals surface area contributed by atoms with Gasteiger partial charge in [0.05, 0.1) is 24.4 Å². The van der Waals surface area contributed by atoms with Crippen LogP contribution in [0.15, 0.2) is 36.5 Å². The first-order valence-corrected chi connectivity index (χ1v) is 12.5. The van der Waals surface area contributed by atoms with E-state index in [1.165, 1.54) is 22.0 Å². The predicted molar refractivity (Wildman–Crippen MR) is 119 cm³/mol. The van der Waals surface area contributed by atoms with Crippen LogP contribution < -0.4 is 4.90 Å². The number of amides is 1. The van der Waals surface area contributed by atoms with E-state index in [4.69, 9.17) is 19.0 Å². The fraction of sp³-hybridized carbons (Fsp3) is 0.381. The minimum Gasteiger partial charge on any atom is -0.444 e. The number of ether oxygens (including phenoxy) is 1. The van der Waals surface area contributed by atoms with E-state index in [0.29, 0.717) is 47.7 Å². The first-order valence-electron chi connectivity index (χ1n) is 10.9. The Labute approximate surface area is 198 Å². The molecule has 2 aliphatic rings. The van der Waals surface area contributed by atoms with E-state index in [1.807, 2.05) is 6.92 Å². The monoisotopic (exact) mass is 504 g/mol. The van der Waals surface area contributed by atoms with Crippen molar-refractivity contribution in [1.82, 2.24) is 25.2 Å². The fourth-order valence-corrected chi connectivity index (χ4v) is 4.81. The van der Waals surface area contributed by atoms with Crippen LogP contribution in [0, 0.1) is 5.82 Å². The Morgan fingerprint density at radius 3 is 2.69 bits per heavy atom. The molecule has 5 rings (SSSR count). The van der Waals surface area contributed by atoms with Gasteiger partial charge in [-0.25, -0.2) is 13.8 Å². The molecule has 1 aromatic carbocycles. The SMILES string of the molecule is CCn1nnc(-c2ccc(-c3ccc(N4C[C@@H](CC5(OP(=O)(O)O)CC5)OC4=O)cc3F)cn2)n1. The summed E-state index contributed by atoms with van der Waals surface area (Å²) in [6.45, 7) is 2.59. The van der Waals surface area contributed by atoms with Crippen LogP contribution in [0.5, 0.6) is 0 Å². The largest absolute Gasteiger partial charge is 0.470 e. The maximum Gasteiger partial charge on any atom is 0.470 e. The lowest BCUT2D eigenvalue weighted by Crippen LogP contribution is -2.27. The number of tetrazole rings is 1. The molecule has 14 heteroatoms. The highest BCUT2D eigenvalue weighted by atomic mass is 31.2. The minimum absolute atomic E-state index is 0.117. The zero-order chi connectivity index (χ0) is 24.8. The minimum atomic E-state index is -4.65. The number of anilines is 1. The molecule has 1 saturated heterocycles. The number of hydrogen-bond donors (Lipinski definition) is 2. The molecule has 1 amide bonds. The molecular formula is C21H22FN6O6P. The molecule has 1 aliphatic carbocycles. The van der Waals surface area contributed by atoms with Gasteiger partial charge in [-0.1, -0.05) is 6.07 Å². The molecule has 0 bridgehead atoms. The summed E-state index contributed by atoms with van der Waals surface area (Å²) in [6.07, 6.45) is 1.31. The van der Waals surface area contributed by atoms with Gasteiger partial charge in [0.1, 0.15) is 17.6 Å². The summed E-state index contributed by atoms with van der Waals surface area (Å²) in [5, 5.41) is 12.0. The first kappa shape index (κ1) is 23.5. The quantitative estimate of drug-likeness (QED) is 0.438. The average Bonchev–Trinajstić information content (AvgIpc) is 3.20. The number of carbonyl (C=O) groups is 1. The normalized spacial score (nSPS) is 19.1. The number of cyclic esters (lactones) is 1. The van der Waals surface area contributed by atoms with Crippen molar-refractivity contribution in [2.75, 3.05) is 11.4 Å². The second kappa shape index (κ2) is 8.76. The summed E-state index contributed by atoms with van der Waals surface area (Å²) < 4.78 is 36.4. The molecule has 2 fully saturated rings. The third-order valence-electron chi connectivity index (χ3n) is 5.90. The van der Waals surface area contributed by atoms with Gasteiger partial charge in [-0.05, 0) is 49.2 Å². The maximum absolute atomic E-state index is 15.0. The van der Waals surface area contributed by atoms with Gasteiger partial charge in [-0.3, -0.25) is 14.4 Å². The molecule has 1 saturated carbocycles. The highest BCUT2D eigenvalue weighted by Gasteiger charge is 2.52. The number of halogens is 1. The van der Waals surface area contributed by atoms with Gasteiger partial charge >= 0.3 is 13.9 Å². The van der Waals surface area contributed by atoms with Gasteiger partial charge in [0, 0.05) is 23.7 Å². The second-order valence-electron chi connectivity index (χ2n) is 8.48. The van der Waals surface area contributed by atoms with E-state index in [9.17, 15) is 9.36 Å². The van der Waals surface area contributed by atoms with Crippen molar-refractivity contribution >= 4 is 19.6 Å². The Kier molecular flexibility index (Phi) is 5.88. The van der Waals surface area contributed by atoms with Crippen molar-refractivity contribution in [2.45, 2.75) is 44.4 Å². The zero-order valence-corrected chi connectivity index (χ0v) is 19.5. The van der Waals surface area contributed by atoms with Gasteiger partial charge < -0.3 is 14.5 Å². The molecule has 0 spiro atoms. The number of rotatable bonds is 8. The number of pyridine rings is 1. The van der Waals surface area contributed by atoms with E-state index in [2.05, 4.69) is 20.4 Å². The molecule has 0 radical (unpaired) electrons. The molecule has 0 unspecified atom stereocenters. The highest BCUT2D eigenvalue weighted by Crippen LogP contribution is 2.55.